The molecule has 0 fully saturated rings. The summed E-state index contributed by atoms with van der Waals surface area (Å²) >= 11 is 1.32. The number of nitrogens with one attached hydrogen (secondary N) is 2. The van der Waals surface area contributed by atoms with Crippen LogP contribution in [0.3, 0.4) is 0 Å². The number of aryl methyl sites for hydroxylation is 1. The molecule has 0 spiro atoms. The average molecular weight is 559 g/mol. The van der Waals surface area contributed by atoms with Crippen LogP contribution < -0.4 is 15.4 Å². The number of benzene rings is 1. The Bertz CT molecular complexity index is 1670. The largest absolute Gasteiger partial charge is 0.481 e. The van der Waals surface area contributed by atoms with Crippen LogP contribution in [-0.4, -0.2) is 63.0 Å². The van der Waals surface area contributed by atoms with Crippen LogP contribution in [0.5, 0.6) is 5.88 Å². The summed E-state index contributed by atoms with van der Waals surface area (Å²) in [5, 5.41) is 10.7. The van der Waals surface area contributed by atoms with Gasteiger partial charge in [0.25, 0.3) is 5.91 Å². The maximum absolute atomic E-state index is 13.5. The molecular weight excluding hydrogens is 532 g/mol. The minimum absolute atomic E-state index is 0.153. The van der Waals surface area contributed by atoms with Crippen LogP contribution in [0.2, 0.25) is 0 Å². The van der Waals surface area contributed by atoms with Gasteiger partial charge < -0.3 is 20.1 Å². The van der Waals surface area contributed by atoms with Crippen molar-refractivity contribution in [1.82, 2.24) is 25.1 Å². The molecular formula is C28H26N6O5S. The third-order valence-corrected chi connectivity index (χ3v) is 7.95. The molecule has 1 atom stereocenters. The summed E-state index contributed by atoms with van der Waals surface area (Å²) in [6.45, 7) is 1.90. The van der Waals surface area contributed by atoms with Gasteiger partial charge in [-0.1, -0.05) is 0 Å². The first-order chi connectivity index (χ1) is 19.4. The topological polar surface area (TPSA) is 137 Å². The summed E-state index contributed by atoms with van der Waals surface area (Å²) in [6, 6.07) is 8.50. The van der Waals surface area contributed by atoms with Crippen molar-refractivity contribution < 1.29 is 23.9 Å². The standard InChI is InChI=1S/C28H26N6O5S/c1-3-39-28(37)18-12-23-21(31-24(35)14-40-23)11-17(18)27(36)30-16-4-5-19-15(10-16)13-34(33-19)22-8-9-29-20-6-7-25(38-2)32-26(20)22/h6-9,11-13,16H,3-5,10,14H2,1-2H3,(H,30,36)(H,31,35). The van der Waals surface area contributed by atoms with E-state index >= 15 is 0 Å². The van der Waals surface area contributed by atoms with Gasteiger partial charge in [-0.25, -0.2) is 14.5 Å². The van der Waals surface area contributed by atoms with Crippen LogP contribution in [0.1, 0.15) is 45.3 Å². The van der Waals surface area contributed by atoms with E-state index in [2.05, 4.69) is 20.6 Å². The Morgan fingerprint density at radius 2 is 2.10 bits per heavy atom. The number of carbonyl (C=O) groups excluding carboxylic acids is 3. The number of hydrogen-bond acceptors (Lipinski definition) is 9. The third-order valence-electron chi connectivity index (χ3n) is 6.89. The van der Waals surface area contributed by atoms with Crippen molar-refractivity contribution in [1.29, 1.82) is 0 Å². The molecule has 11 nitrogen and oxygen atoms in total. The lowest BCUT2D eigenvalue weighted by Gasteiger charge is -2.24. The van der Waals surface area contributed by atoms with E-state index in [4.69, 9.17) is 14.6 Å². The summed E-state index contributed by atoms with van der Waals surface area (Å²) < 4.78 is 12.3. The third kappa shape index (κ3) is 4.86. The molecule has 3 aromatic heterocycles. The van der Waals surface area contributed by atoms with E-state index in [0.717, 1.165) is 27.4 Å². The maximum Gasteiger partial charge on any atom is 0.338 e. The lowest BCUT2D eigenvalue weighted by Crippen LogP contribution is -2.39. The Hall–Kier alpha value is -4.45. The van der Waals surface area contributed by atoms with Gasteiger partial charge in [-0.05, 0) is 56.0 Å². The highest BCUT2D eigenvalue weighted by Gasteiger charge is 2.28. The molecule has 0 bridgehead atoms. The summed E-state index contributed by atoms with van der Waals surface area (Å²) in [4.78, 5) is 47.8. The fourth-order valence-corrected chi connectivity index (χ4v) is 5.82. The predicted molar refractivity (Wildman–Crippen MR) is 148 cm³/mol. The van der Waals surface area contributed by atoms with Crippen LogP contribution in [0, 0.1) is 0 Å². The maximum atomic E-state index is 13.5. The number of hydrogen-bond donors (Lipinski definition) is 2. The predicted octanol–water partition coefficient (Wildman–Crippen LogP) is 3.33. The second-order valence-electron chi connectivity index (χ2n) is 9.46. The van der Waals surface area contributed by atoms with E-state index in [1.807, 2.05) is 18.3 Å². The Labute approximate surface area is 233 Å². The zero-order chi connectivity index (χ0) is 27.8. The summed E-state index contributed by atoms with van der Waals surface area (Å²) in [5.74, 6) is -0.385. The summed E-state index contributed by atoms with van der Waals surface area (Å²) in [5.41, 5.74) is 5.03. The number of anilines is 1. The van der Waals surface area contributed by atoms with Crippen molar-refractivity contribution in [2.75, 3.05) is 24.8 Å². The molecule has 0 radical (unpaired) electrons. The zero-order valence-corrected chi connectivity index (χ0v) is 22.7. The van der Waals surface area contributed by atoms with Crippen molar-refractivity contribution in [3.05, 3.63) is 65.1 Å². The molecule has 2 N–H and O–H groups in total. The number of esters is 1. The first kappa shape index (κ1) is 25.8. The number of nitrogens with zero attached hydrogens (tertiary/aromatic N) is 4. The number of methoxy groups -OCH3 is 1. The molecule has 4 heterocycles. The normalized spacial score (nSPS) is 16.1. The SMILES string of the molecule is CCOC(=O)c1cc2c(cc1C(=O)NC1CCc3nn(-c4ccnc5ccc(OC)nc45)cc3C1)NC(=O)CS2. The first-order valence-electron chi connectivity index (χ1n) is 12.9. The Morgan fingerprint density at radius 1 is 1.23 bits per heavy atom. The van der Waals surface area contributed by atoms with Gasteiger partial charge in [-0.2, -0.15) is 5.10 Å². The molecule has 1 aliphatic carbocycles. The zero-order valence-electron chi connectivity index (χ0n) is 21.9. The van der Waals surface area contributed by atoms with E-state index in [-0.39, 0.29) is 35.4 Å². The molecule has 1 aromatic carbocycles. The smallest absolute Gasteiger partial charge is 0.338 e. The second kappa shape index (κ2) is 10.6. The van der Waals surface area contributed by atoms with Gasteiger partial charge in [0, 0.05) is 29.4 Å². The number of ether oxygens (including phenoxy) is 2. The molecule has 4 aromatic rings. The van der Waals surface area contributed by atoms with E-state index < -0.39 is 11.9 Å². The van der Waals surface area contributed by atoms with Gasteiger partial charge in [0.2, 0.25) is 11.8 Å². The minimum Gasteiger partial charge on any atom is -0.481 e. The average Bonchev–Trinajstić information content (AvgIpc) is 3.39. The van der Waals surface area contributed by atoms with Crippen LogP contribution >= 0.6 is 11.8 Å². The van der Waals surface area contributed by atoms with E-state index in [0.29, 0.717) is 36.3 Å². The molecule has 1 aliphatic heterocycles. The number of amides is 2. The molecule has 2 aliphatic rings. The molecule has 12 heteroatoms. The number of pyridine rings is 2. The van der Waals surface area contributed by atoms with Gasteiger partial charge >= 0.3 is 5.97 Å². The lowest BCUT2D eigenvalue weighted by molar-refractivity contribution is -0.113. The Morgan fingerprint density at radius 3 is 2.92 bits per heavy atom. The summed E-state index contributed by atoms with van der Waals surface area (Å²) in [6.07, 6.45) is 5.61. The van der Waals surface area contributed by atoms with Crippen molar-refractivity contribution in [2.24, 2.45) is 0 Å². The number of thioether (sulfide) groups is 1. The number of rotatable bonds is 6. The molecule has 0 saturated heterocycles. The van der Waals surface area contributed by atoms with E-state index in [1.54, 1.807) is 43.1 Å². The first-order valence-corrected chi connectivity index (χ1v) is 13.9. The van der Waals surface area contributed by atoms with Gasteiger partial charge in [0.05, 0.1) is 53.2 Å². The number of fused-ring (bicyclic) bond motifs is 3. The molecule has 1 unspecified atom stereocenters. The van der Waals surface area contributed by atoms with Crippen LogP contribution in [-0.2, 0) is 22.4 Å². The molecule has 40 heavy (non-hydrogen) atoms. The fourth-order valence-electron chi connectivity index (χ4n) is 5.00. The fraction of sp³-hybridized carbons (Fsp3) is 0.286. The molecule has 204 valence electrons. The minimum atomic E-state index is -0.574. The van der Waals surface area contributed by atoms with Crippen LogP contribution in [0.4, 0.5) is 5.69 Å². The monoisotopic (exact) mass is 558 g/mol. The van der Waals surface area contributed by atoms with Gasteiger partial charge in [0.1, 0.15) is 5.52 Å². The van der Waals surface area contributed by atoms with Crippen molar-refractivity contribution in [3.63, 3.8) is 0 Å². The highest BCUT2D eigenvalue weighted by molar-refractivity contribution is 8.00. The van der Waals surface area contributed by atoms with E-state index in [9.17, 15) is 14.4 Å². The Kier molecular flexibility index (Phi) is 6.84. The van der Waals surface area contributed by atoms with E-state index in [1.165, 1.54) is 11.8 Å². The highest BCUT2D eigenvalue weighted by atomic mass is 32.2. The molecule has 2 amide bonds. The van der Waals surface area contributed by atoms with Crippen molar-refractivity contribution in [2.45, 2.75) is 37.1 Å². The second-order valence-corrected chi connectivity index (χ2v) is 10.5. The van der Waals surface area contributed by atoms with Crippen molar-refractivity contribution in [3.8, 4) is 11.6 Å². The van der Waals surface area contributed by atoms with Gasteiger partial charge in [-0.15, -0.1) is 11.8 Å². The number of carbonyl (C=O) groups is 3. The molecule has 6 rings (SSSR count). The quantitative estimate of drug-likeness (QED) is 0.341. The Balaban J connectivity index is 1.25. The van der Waals surface area contributed by atoms with Crippen LogP contribution in [0.25, 0.3) is 16.7 Å². The lowest BCUT2D eigenvalue weighted by atomic mass is 9.93. The number of aromatic nitrogens is 4. The van der Waals surface area contributed by atoms with Gasteiger partial charge in [-0.3, -0.25) is 14.6 Å². The van der Waals surface area contributed by atoms with Crippen LogP contribution in [0.15, 0.2) is 47.6 Å². The molecule has 0 saturated carbocycles. The highest BCUT2D eigenvalue weighted by Crippen LogP contribution is 2.34. The van der Waals surface area contributed by atoms with Crippen molar-refractivity contribution >= 4 is 46.3 Å². The van der Waals surface area contributed by atoms with Gasteiger partial charge in [0.15, 0.2) is 0 Å². The summed E-state index contributed by atoms with van der Waals surface area (Å²) in [7, 11) is 1.57.